The van der Waals surface area contributed by atoms with Crippen LogP contribution in [0.15, 0.2) is 60.7 Å². The number of hydrogen-bond acceptors (Lipinski definition) is 3. The molecule has 0 spiro atoms. The lowest BCUT2D eigenvalue weighted by molar-refractivity contribution is -0.118. The molecule has 0 heterocycles. The van der Waals surface area contributed by atoms with E-state index in [2.05, 4.69) is 10.6 Å². The van der Waals surface area contributed by atoms with Gasteiger partial charge in [-0.1, -0.05) is 60.7 Å². The number of carbonyl (C=O) groups excluding carboxylic acids is 1. The highest BCUT2D eigenvalue weighted by Crippen LogP contribution is 2.28. The molecule has 4 heteroatoms. The highest BCUT2D eigenvalue weighted by molar-refractivity contribution is 5.72. The molecule has 0 aliphatic rings. The van der Waals surface area contributed by atoms with E-state index in [1.54, 1.807) is 0 Å². The van der Waals surface area contributed by atoms with E-state index in [1.165, 1.54) is 6.92 Å². The molecule has 4 nitrogen and oxygen atoms in total. The van der Waals surface area contributed by atoms with E-state index >= 15 is 0 Å². The van der Waals surface area contributed by atoms with E-state index in [0.29, 0.717) is 13.1 Å². The van der Waals surface area contributed by atoms with Crippen molar-refractivity contribution in [2.75, 3.05) is 13.1 Å². The predicted octanol–water partition coefficient (Wildman–Crippen LogP) is 2.19. The zero-order valence-corrected chi connectivity index (χ0v) is 12.7. The summed E-state index contributed by atoms with van der Waals surface area (Å²) in [6, 6.07) is 19.2. The minimum Gasteiger partial charge on any atom is -0.386 e. The molecule has 0 fully saturated rings. The Morgan fingerprint density at radius 3 is 2.05 bits per heavy atom. The second-order valence-corrected chi connectivity index (χ2v) is 5.18. The van der Waals surface area contributed by atoms with E-state index < -0.39 is 6.10 Å². The molecule has 0 aromatic heterocycles. The Labute approximate surface area is 131 Å². The summed E-state index contributed by atoms with van der Waals surface area (Å²) in [5, 5.41) is 16.8. The molecule has 2 rings (SSSR count). The summed E-state index contributed by atoms with van der Waals surface area (Å²) in [6.07, 6.45) is -0.652. The van der Waals surface area contributed by atoms with Gasteiger partial charge in [0.25, 0.3) is 0 Å². The molecule has 0 saturated carbocycles. The van der Waals surface area contributed by atoms with Crippen molar-refractivity contribution >= 4 is 5.91 Å². The van der Waals surface area contributed by atoms with E-state index in [0.717, 1.165) is 11.1 Å². The van der Waals surface area contributed by atoms with Gasteiger partial charge >= 0.3 is 0 Å². The van der Waals surface area contributed by atoms with Crippen molar-refractivity contribution in [3.05, 3.63) is 71.8 Å². The Kier molecular flexibility index (Phi) is 6.13. The maximum absolute atomic E-state index is 10.9. The van der Waals surface area contributed by atoms with Crippen molar-refractivity contribution in [1.82, 2.24) is 10.6 Å². The number of benzene rings is 2. The van der Waals surface area contributed by atoms with Gasteiger partial charge in [0, 0.05) is 20.0 Å². The molecular formula is C18H22N2O2. The summed E-state index contributed by atoms with van der Waals surface area (Å²) in [4.78, 5) is 10.9. The van der Waals surface area contributed by atoms with Gasteiger partial charge in [-0.15, -0.1) is 0 Å². The first-order chi connectivity index (χ1) is 10.7. The van der Waals surface area contributed by atoms with Gasteiger partial charge in [-0.05, 0) is 11.1 Å². The fourth-order valence-electron chi connectivity index (χ4n) is 2.38. The third-order valence-corrected chi connectivity index (χ3v) is 3.48. The second-order valence-electron chi connectivity index (χ2n) is 5.18. The lowest BCUT2D eigenvalue weighted by Crippen LogP contribution is -2.34. The zero-order valence-electron chi connectivity index (χ0n) is 12.7. The normalized spacial score (nSPS) is 13.4. The number of carbonyl (C=O) groups is 1. The summed E-state index contributed by atoms with van der Waals surface area (Å²) in [5.74, 6) is -0.0540. The Hall–Kier alpha value is -2.17. The minimum atomic E-state index is -0.652. The minimum absolute atomic E-state index is 0.0540. The molecule has 0 saturated heterocycles. The summed E-state index contributed by atoms with van der Waals surface area (Å²) < 4.78 is 0. The maximum Gasteiger partial charge on any atom is 0.216 e. The first kappa shape index (κ1) is 16.2. The molecular weight excluding hydrogens is 276 g/mol. The van der Waals surface area contributed by atoms with Gasteiger partial charge in [-0.25, -0.2) is 0 Å². The molecule has 2 aromatic carbocycles. The van der Waals surface area contributed by atoms with Crippen molar-refractivity contribution in [3.63, 3.8) is 0 Å². The predicted molar refractivity (Wildman–Crippen MR) is 87.3 cm³/mol. The lowest BCUT2D eigenvalue weighted by Gasteiger charge is -2.25. The van der Waals surface area contributed by atoms with E-state index in [4.69, 9.17) is 0 Å². The molecule has 0 aliphatic heterocycles. The zero-order chi connectivity index (χ0) is 15.8. The first-order valence-electron chi connectivity index (χ1n) is 7.44. The van der Waals surface area contributed by atoms with Gasteiger partial charge in [0.2, 0.25) is 5.91 Å². The van der Waals surface area contributed by atoms with Crippen LogP contribution in [0.4, 0.5) is 0 Å². The van der Waals surface area contributed by atoms with E-state index in [-0.39, 0.29) is 11.9 Å². The largest absolute Gasteiger partial charge is 0.386 e. The highest BCUT2D eigenvalue weighted by Gasteiger charge is 2.21. The number of hydrogen-bond donors (Lipinski definition) is 3. The van der Waals surface area contributed by atoms with Crippen molar-refractivity contribution < 1.29 is 9.90 Å². The standard InChI is InChI=1S/C18H22N2O2/c1-14(21)19-12-13-20-17(15-8-4-2-5-9-15)18(22)16-10-6-3-7-11-16/h2-11,17-18,20,22H,12-13H2,1H3,(H,19,21)/t17-,18+/m1/s1. The fourth-order valence-corrected chi connectivity index (χ4v) is 2.38. The van der Waals surface area contributed by atoms with Crippen molar-refractivity contribution in [3.8, 4) is 0 Å². The molecule has 0 radical (unpaired) electrons. The third kappa shape index (κ3) is 4.69. The molecule has 1 amide bonds. The molecule has 0 aliphatic carbocycles. The Bertz CT molecular complexity index is 572. The Balaban J connectivity index is 2.10. The number of nitrogens with one attached hydrogen (secondary N) is 2. The van der Waals surface area contributed by atoms with Crippen LogP contribution in [0.5, 0.6) is 0 Å². The SMILES string of the molecule is CC(=O)NCCN[C@H](c1ccccc1)[C@@H](O)c1ccccc1. The van der Waals surface area contributed by atoms with Crippen LogP contribution in [-0.4, -0.2) is 24.1 Å². The van der Waals surface area contributed by atoms with Crippen LogP contribution in [0.3, 0.4) is 0 Å². The monoisotopic (exact) mass is 298 g/mol. The summed E-state index contributed by atoms with van der Waals surface area (Å²) in [6.45, 7) is 2.61. The molecule has 3 N–H and O–H groups in total. The molecule has 22 heavy (non-hydrogen) atoms. The summed E-state index contributed by atoms with van der Waals surface area (Å²) in [7, 11) is 0. The molecule has 2 aromatic rings. The second kappa shape index (κ2) is 8.32. The highest BCUT2D eigenvalue weighted by atomic mass is 16.3. The average molecular weight is 298 g/mol. The van der Waals surface area contributed by atoms with Crippen molar-refractivity contribution in [1.29, 1.82) is 0 Å². The van der Waals surface area contributed by atoms with Gasteiger partial charge in [-0.3, -0.25) is 4.79 Å². The van der Waals surface area contributed by atoms with Gasteiger partial charge < -0.3 is 15.7 Å². The number of aliphatic hydroxyl groups excluding tert-OH is 1. The number of aliphatic hydroxyl groups is 1. The van der Waals surface area contributed by atoms with Crippen LogP contribution in [-0.2, 0) is 4.79 Å². The van der Waals surface area contributed by atoms with Crippen LogP contribution in [0.2, 0.25) is 0 Å². The van der Waals surface area contributed by atoms with Gasteiger partial charge in [0.05, 0.1) is 12.1 Å². The van der Waals surface area contributed by atoms with Crippen molar-refractivity contribution in [2.45, 2.75) is 19.1 Å². The quantitative estimate of drug-likeness (QED) is 0.687. The molecule has 0 bridgehead atoms. The molecule has 116 valence electrons. The first-order valence-corrected chi connectivity index (χ1v) is 7.44. The van der Waals surface area contributed by atoms with Crippen LogP contribution in [0, 0.1) is 0 Å². The van der Waals surface area contributed by atoms with Crippen molar-refractivity contribution in [2.24, 2.45) is 0 Å². The topological polar surface area (TPSA) is 61.4 Å². The van der Waals surface area contributed by atoms with Crippen LogP contribution < -0.4 is 10.6 Å². The average Bonchev–Trinajstić information content (AvgIpc) is 2.56. The lowest BCUT2D eigenvalue weighted by atomic mass is 9.96. The Morgan fingerprint density at radius 2 is 1.50 bits per heavy atom. The van der Waals surface area contributed by atoms with Gasteiger partial charge in [0.1, 0.15) is 0 Å². The number of amides is 1. The van der Waals surface area contributed by atoms with Crippen LogP contribution in [0.25, 0.3) is 0 Å². The molecule has 2 atom stereocenters. The van der Waals surface area contributed by atoms with E-state index in [9.17, 15) is 9.90 Å². The summed E-state index contributed by atoms with van der Waals surface area (Å²) in [5.41, 5.74) is 1.88. The Morgan fingerprint density at radius 1 is 0.955 bits per heavy atom. The van der Waals surface area contributed by atoms with Gasteiger partial charge in [0.15, 0.2) is 0 Å². The van der Waals surface area contributed by atoms with E-state index in [1.807, 2.05) is 60.7 Å². The fraction of sp³-hybridized carbons (Fsp3) is 0.278. The summed E-state index contributed by atoms with van der Waals surface area (Å²) >= 11 is 0. The molecule has 0 unspecified atom stereocenters. The maximum atomic E-state index is 10.9. The van der Waals surface area contributed by atoms with Gasteiger partial charge in [-0.2, -0.15) is 0 Å². The third-order valence-electron chi connectivity index (χ3n) is 3.48. The smallest absolute Gasteiger partial charge is 0.216 e. The van der Waals surface area contributed by atoms with Crippen LogP contribution in [0.1, 0.15) is 30.2 Å². The van der Waals surface area contributed by atoms with Crippen LogP contribution >= 0.6 is 0 Å². The number of rotatable bonds is 7.